The Kier molecular flexibility index (Phi) is 4.20. The summed E-state index contributed by atoms with van der Waals surface area (Å²) >= 11 is 1.52. The summed E-state index contributed by atoms with van der Waals surface area (Å²) in [6.45, 7) is 3.91. The van der Waals surface area contributed by atoms with Gasteiger partial charge in [0, 0.05) is 16.5 Å². The summed E-state index contributed by atoms with van der Waals surface area (Å²) in [5.41, 5.74) is 0.844. The Balaban J connectivity index is 1.94. The summed E-state index contributed by atoms with van der Waals surface area (Å²) in [4.78, 5) is 28.8. The second-order valence-electron chi connectivity index (χ2n) is 5.21. The number of hydrogen-bond donors (Lipinski definition) is 2. The van der Waals surface area contributed by atoms with E-state index in [9.17, 15) is 9.59 Å². The molecule has 2 N–H and O–H groups in total. The van der Waals surface area contributed by atoms with Crippen molar-refractivity contribution >= 4 is 28.0 Å². The van der Waals surface area contributed by atoms with E-state index in [4.69, 9.17) is 0 Å². The highest BCUT2D eigenvalue weighted by molar-refractivity contribution is 7.09. The van der Waals surface area contributed by atoms with Gasteiger partial charge in [0.05, 0.1) is 11.4 Å². The monoisotopic (exact) mass is 328 g/mol. The lowest BCUT2D eigenvalue weighted by molar-refractivity contribution is 0.0931. The lowest BCUT2D eigenvalue weighted by Crippen LogP contribution is -2.30. The number of benzene rings is 1. The zero-order valence-corrected chi connectivity index (χ0v) is 13.6. The molecule has 1 amide bonds. The first-order valence-electron chi connectivity index (χ1n) is 7.30. The number of nitrogens with zero attached hydrogens (tertiary/aromatic N) is 2. The number of nitrogens with one attached hydrogen (secondary N) is 2. The quantitative estimate of drug-likeness (QED) is 0.770. The first kappa shape index (κ1) is 15.4. The number of aromatic amines is 1. The molecule has 0 radical (unpaired) electrons. The summed E-state index contributed by atoms with van der Waals surface area (Å²) in [5.74, 6) is -0.322. The van der Waals surface area contributed by atoms with Crippen molar-refractivity contribution in [3.8, 4) is 0 Å². The molecule has 0 aliphatic carbocycles. The van der Waals surface area contributed by atoms with Gasteiger partial charge in [-0.2, -0.15) is 5.10 Å². The number of amides is 1. The van der Waals surface area contributed by atoms with E-state index in [-0.39, 0.29) is 23.2 Å². The third-order valence-corrected chi connectivity index (χ3v) is 4.64. The van der Waals surface area contributed by atoms with Gasteiger partial charge in [0.25, 0.3) is 11.5 Å². The number of fused-ring (bicyclic) bond motifs is 1. The van der Waals surface area contributed by atoms with Crippen LogP contribution < -0.4 is 10.9 Å². The lowest BCUT2D eigenvalue weighted by Gasteiger charge is -2.14. The Bertz CT molecular complexity index is 916. The molecule has 0 fully saturated rings. The van der Waals surface area contributed by atoms with Crippen LogP contribution >= 0.6 is 11.3 Å². The molecular weight excluding hydrogens is 312 g/mol. The minimum atomic E-state index is -0.322. The van der Waals surface area contributed by atoms with Crippen molar-refractivity contribution in [2.75, 3.05) is 0 Å². The summed E-state index contributed by atoms with van der Waals surface area (Å²) in [7, 11) is 0. The van der Waals surface area contributed by atoms with Crippen LogP contribution in [0, 0.1) is 6.92 Å². The maximum Gasteiger partial charge on any atom is 0.272 e. The van der Waals surface area contributed by atoms with Crippen molar-refractivity contribution in [3.63, 3.8) is 0 Å². The normalized spacial score (nSPS) is 12.3. The highest BCUT2D eigenvalue weighted by Crippen LogP contribution is 2.22. The van der Waals surface area contributed by atoms with E-state index in [1.165, 1.54) is 11.3 Å². The molecule has 0 aliphatic heterocycles. The van der Waals surface area contributed by atoms with Gasteiger partial charge in [-0.25, -0.2) is 10.1 Å². The minimum absolute atomic E-state index is 0.173. The van der Waals surface area contributed by atoms with E-state index < -0.39 is 0 Å². The molecule has 3 rings (SSSR count). The van der Waals surface area contributed by atoms with Gasteiger partial charge >= 0.3 is 0 Å². The number of aromatic nitrogens is 3. The molecule has 1 atom stereocenters. The van der Waals surface area contributed by atoms with Crippen LogP contribution in [0.1, 0.15) is 40.6 Å². The van der Waals surface area contributed by atoms with Gasteiger partial charge in [-0.1, -0.05) is 25.1 Å². The van der Waals surface area contributed by atoms with Crippen LogP contribution in [0.15, 0.2) is 34.4 Å². The standard InChI is InChI=1S/C16H16N4O2S/c1-3-12(16-17-9(2)8-23-16)18-15(22)13-10-6-4-5-7-11(10)14(21)20-19-13/h4-8,12H,3H2,1-2H3,(H,18,22)(H,20,21). The molecule has 0 spiro atoms. The molecule has 1 unspecified atom stereocenters. The van der Waals surface area contributed by atoms with Crippen LogP contribution in [0.5, 0.6) is 0 Å². The second kappa shape index (κ2) is 6.29. The van der Waals surface area contributed by atoms with Crippen LogP contribution in [-0.4, -0.2) is 21.1 Å². The first-order chi connectivity index (χ1) is 11.1. The van der Waals surface area contributed by atoms with Crippen molar-refractivity contribution in [1.82, 2.24) is 20.5 Å². The third-order valence-electron chi connectivity index (χ3n) is 3.56. The van der Waals surface area contributed by atoms with E-state index in [1.54, 1.807) is 24.3 Å². The average molecular weight is 328 g/mol. The number of aryl methyl sites for hydroxylation is 1. The fourth-order valence-corrected chi connectivity index (χ4v) is 3.32. The fraction of sp³-hybridized carbons (Fsp3) is 0.250. The van der Waals surface area contributed by atoms with Crippen LogP contribution in [0.2, 0.25) is 0 Å². The summed E-state index contributed by atoms with van der Waals surface area (Å²) in [5, 5.41) is 13.1. The van der Waals surface area contributed by atoms with Gasteiger partial charge in [-0.15, -0.1) is 11.3 Å². The van der Waals surface area contributed by atoms with Crippen LogP contribution in [0.3, 0.4) is 0 Å². The summed E-state index contributed by atoms with van der Waals surface area (Å²) in [6.07, 6.45) is 0.722. The lowest BCUT2D eigenvalue weighted by atomic mass is 10.1. The molecule has 1 aromatic carbocycles. The van der Waals surface area contributed by atoms with Crippen molar-refractivity contribution in [2.45, 2.75) is 26.3 Å². The van der Waals surface area contributed by atoms with Gasteiger partial charge < -0.3 is 5.32 Å². The van der Waals surface area contributed by atoms with E-state index in [1.807, 2.05) is 19.2 Å². The third kappa shape index (κ3) is 3.00. The molecule has 0 saturated carbocycles. The van der Waals surface area contributed by atoms with Gasteiger partial charge in [-0.3, -0.25) is 9.59 Å². The predicted molar refractivity (Wildman–Crippen MR) is 89.7 cm³/mol. The molecule has 6 nitrogen and oxygen atoms in total. The zero-order chi connectivity index (χ0) is 16.4. The number of carbonyl (C=O) groups excluding carboxylic acids is 1. The van der Waals surface area contributed by atoms with E-state index in [0.717, 1.165) is 17.1 Å². The molecule has 2 aromatic heterocycles. The summed E-state index contributed by atoms with van der Waals surface area (Å²) in [6, 6.07) is 6.76. The fourth-order valence-electron chi connectivity index (χ4n) is 2.39. The van der Waals surface area contributed by atoms with Crippen molar-refractivity contribution in [1.29, 1.82) is 0 Å². The highest BCUT2D eigenvalue weighted by Gasteiger charge is 2.20. The highest BCUT2D eigenvalue weighted by atomic mass is 32.1. The van der Waals surface area contributed by atoms with Crippen molar-refractivity contribution in [2.24, 2.45) is 0 Å². The van der Waals surface area contributed by atoms with Crippen LogP contribution in [0.4, 0.5) is 0 Å². The minimum Gasteiger partial charge on any atom is -0.341 e. The molecule has 7 heteroatoms. The number of hydrogen-bond acceptors (Lipinski definition) is 5. The molecule has 3 aromatic rings. The number of thiazole rings is 1. The first-order valence-corrected chi connectivity index (χ1v) is 8.18. The van der Waals surface area contributed by atoms with Gasteiger partial charge in [0.2, 0.25) is 0 Å². The van der Waals surface area contributed by atoms with Crippen LogP contribution in [-0.2, 0) is 0 Å². The molecule has 0 saturated heterocycles. The van der Waals surface area contributed by atoms with Gasteiger partial charge in [0.1, 0.15) is 5.01 Å². The Hall–Kier alpha value is -2.54. The van der Waals surface area contributed by atoms with E-state index in [2.05, 4.69) is 20.5 Å². The van der Waals surface area contributed by atoms with Gasteiger partial charge in [0.15, 0.2) is 5.69 Å². The molecule has 2 heterocycles. The second-order valence-corrected chi connectivity index (χ2v) is 6.10. The van der Waals surface area contributed by atoms with Crippen LogP contribution in [0.25, 0.3) is 10.8 Å². The molecule has 118 valence electrons. The molecule has 23 heavy (non-hydrogen) atoms. The van der Waals surface area contributed by atoms with E-state index in [0.29, 0.717) is 10.8 Å². The molecular formula is C16H16N4O2S. The Morgan fingerprint density at radius 2 is 2.09 bits per heavy atom. The number of carbonyl (C=O) groups is 1. The maximum atomic E-state index is 12.6. The SMILES string of the molecule is CCC(NC(=O)c1n[nH]c(=O)c2ccccc12)c1nc(C)cs1. The summed E-state index contributed by atoms with van der Waals surface area (Å²) < 4.78 is 0. The zero-order valence-electron chi connectivity index (χ0n) is 12.8. The Labute approximate surface area is 136 Å². The average Bonchev–Trinajstić information content (AvgIpc) is 2.99. The maximum absolute atomic E-state index is 12.6. The topological polar surface area (TPSA) is 87.7 Å². The van der Waals surface area contributed by atoms with E-state index >= 15 is 0 Å². The smallest absolute Gasteiger partial charge is 0.272 e. The molecule has 0 bridgehead atoms. The largest absolute Gasteiger partial charge is 0.341 e. The van der Waals surface area contributed by atoms with Gasteiger partial charge in [-0.05, 0) is 19.4 Å². The number of rotatable bonds is 4. The van der Waals surface area contributed by atoms with Crippen molar-refractivity contribution < 1.29 is 4.79 Å². The molecule has 0 aliphatic rings. The predicted octanol–water partition coefficient (Wildman–Crippen LogP) is 2.57. The Morgan fingerprint density at radius 3 is 2.74 bits per heavy atom. The number of H-pyrrole nitrogens is 1. The van der Waals surface area contributed by atoms with Crippen molar-refractivity contribution in [3.05, 3.63) is 56.4 Å². The Morgan fingerprint density at radius 1 is 1.35 bits per heavy atom.